The average molecular weight is 855 g/mol. The van der Waals surface area contributed by atoms with Crippen molar-refractivity contribution in [1.29, 1.82) is 0 Å². The monoisotopic (exact) mass is 854 g/mol. The number of carbonyl (C=O) groups excluding carboxylic acids is 1. The van der Waals surface area contributed by atoms with Crippen LogP contribution in [0.4, 0.5) is 4.39 Å². The number of nitrogens with zero attached hydrogens (tertiary/aromatic N) is 2. The van der Waals surface area contributed by atoms with Crippen molar-refractivity contribution in [3.05, 3.63) is 108 Å². The van der Waals surface area contributed by atoms with Crippen molar-refractivity contribution in [3.8, 4) is 17.2 Å². The van der Waals surface area contributed by atoms with Gasteiger partial charge in [0.15, 0.2) is 0 Å². The summed E-state index contributed by atoms with van der Waals surface area (Å²) < 4.78 is 35.4. The van der Waals surface area contributed by atoms with E-state index >= 15 is 0 Å². The predicted octanol–water partition coefficient (Wildman–Crippen LogP) is 10.6. The summed E-state index contributed by atoms with van der Waals surface area (Å²) in [4.78, 5) is 23.7. The molecular weight excluding hydrogens is 792 g/mol. The van der Waals surface area contributed by atoms with Crippen LogP contribution in [0.2, 0.25) is 0 Å². The zero-order valence-electron chi connectivity index (χ0n) is 35.8. The minimum atomic E-state index is -1.38. The van der Waals surface area contributed by atoms with E-state index in [0.717, 1.165) is 78.0 Å². The van der Waals surface area contributed by atoms with Crippen LogP contribution in [0.25, 0.3) is 0 Å². The molecule has 2 N–H and O–H groups in total. The minimum Gasteiger partial charge on any atom is -0.459 e. The van der Waals surface area contributed by atoms with Gasteiger partial charge in [0.25, 0.3) is 0 Å². The maximum Gasteiger partial charge on any atom is 0.239 e. The molecule has 6 unspecified atom stereocenters. The van der Waals surface area contributed by atoms with Gasteiger partial charge in [0.1, 0.15) is 36.2 Å². The van der Waals surface area contributed by atoms with Crippen molar-refractivity contribution in [1.82, 2.24) is 4.90 Å². The number of fused-ring (bicyclic) bond motifs is 2. The van der Waals surface area contributed by atoms with Gasteiger partial charge in [-0.15, -0.1) is 18.3 Å². The van der Waals surface area contributed by atoms with Gasteiger partial charge in [0.05, 0.1) is 18.2 Å². The van der Waals surface area contributed by atoms with E-state index in [-0.39, 0.29) is 55.8 Å². The van der Waals surface area contributed by atoms with Crippen LogP contribution in [0.15, 0.2) is 101 Å². The molecule has 11 heteroatoms. The summed E-state index contributed by atoms with van der Waals surface area (Å²) in [5, 5.41) is 24.6. The largest absolute Gasteiger partial charge is 0.459 e. The van der Waals surface area contributed by atoms with E-state index in [1.807, 2.05) is 47.6 Å². The molecule has 9 nitrogen and oxygen atoms in total. The number of thioether (sulfide) groups is 1. The summed E-state index contributed by atoms with van der Waals surface area (Å²) in [5.41, 5.74) is 3.50. The Labute approximate surface area is 365 Å². The molecule has 0 aromatic heterocycles. The zero-order chi connectivity index (χ0) is 42.8. The van der Waals surface area contributed by atoms with Gasteiger partial charge in [-0.1, -0.05) is 68.0 Å². The molecule has 328 valence electrons. The standard InChI is InChI=1S/C50H63FN2O7S/c1-4-29-58-50-46(53(33-35-15-18-37(51)19-16-35)47(56)26-17-34-11-5-6-12-34)32-44(52-57-2)42-30-36(13-7-9-27-54)41(14-8-10-28-55)48(49(42)50)43-31-39(22-25-45(43)60-50)59-38-20-23-40(61-3)24-21-38/h4,15-16,18-25,30-31,34,36,41,46,48-49,54-55H,1,5-14,17,26-29,32-33H2,2-3H3. The second-order valence-corrected chi connectivity index (χ2v) is 17.9. The fourth-order valence-corrected chi connectivity index (χ4v) is 10.9. The first-order valence-corrected chi connectivity index (χ1v) is 23.5. The average Bonchev–Trinajstić information content (AvgIpc) is 3.81. The van der Waals surface area contributed by atoms with E-state index in [4.69, 9.17) is 24.2 Å². The Kier molecular flexibility index (Phi) is 15.7. The number of amides is 1. The van der Waals surface area contributed by atoms with Crippen molar-refractivity contribution >= 4 is 23.4 Å². The molecule has 61 heavy (non-hydrogen) atoms. The molecular formula is C50H63FN2O7S. The van der Waals surface area contributed by atoms with Gasteiger partial charge < -0.3 is 34.2 Å². The Morgan fingerprint density at radius 3 is 2.39 bits per heavy atom. The number of hydrogen-bond donors (Lipinski definition) is 2. The first-order valence-electron chi connectivity index (χ1n) is 22.3. The summed E-state index contributed by atoms with van der Waals surface area (Å²) in [7, 11) is 1.56. The SMILES string of the molecule is C=CCOC12Oc3ccc(Oc4ccc(SC)cc4)cc3C3C(CCCCO)C(CCCCO)C=C(C(=NOC)CC1N(Cc1ccc(F)cc1)C(=O)CCC1CCCC1)C32. The van der Waals surface area contributed by atoms with Gasteiger partial charge in [-0.25, -0.2) is 4.39 Å². The smallest absolute Gasteiger partial charge is 0.239 e. The Morgan fingerprint density at radius 2 is 1.70 bits per heavy atom. The molecule has 1 aliphatic heterocycles. The Hall–Kier alpha value is -4.16. The van der Waals surface area contributed by atoms with E-state index < -0.39 is 17.7 Å². The normalized spacial score (nSPS) is 25.0. The van der Waals surface area contributed by atoms with Gasteiger partial charge in [-0.05, 0) is 122 Å². The third-order valence-corrected chi connectivity index (χ3v) is 14.1. The van der Waals surface area contributed by atoms with Crippen molar-refractivity contribution < 1.29 is 38.4 Å². The summed E-state index contributed by atoms with van der Waals surface area (Å²) in [6.45, 7) is 4.68. The molecule has 0 saturated heterocycles. The second kappa shape index (κ2) is 21.3. The van der Waals surface area contributed by atoms with Gasteiger partial charge in [-0.2, -0.15) is 0 Å². The minimum absolute atomic E-state index is 0.00799. The molecule has 4 aliphatic rings. The topological polar surface area (TPSA) is 110 Å². The maximum absolute atomic E-state index is 15.0. The van der Waals surface area contributed by atoms with Crippen molar-refractivity contribution in [2.45, 2.75) is 113 Å². The number of oxime groups is 1. The highest BCUT2D eigenvalue weighted by Crippen LogP contribution is 2.62. The molecule has 2 fully saturated rings. The van der Waals surface area contributed by atoms with Crippen LogP contribution in [0, 0.1) is 29.5 Å². The zero-order valence-corrected chi connectivity index (χ0v) is 36.6. The molecule has 0 radical (unpaired) electrons. The van der Waals surface area contributed by atoms with E-state index in [2.05, 4.69) is 18.7 Å². The number of aliphatic hydroxyl groups excluding tert-OH is 2. The molecule has 6 atom stereocenters. The third kappa shape index (κ3) is 10.2. The highest BCUT2D eigenvalue weighted by atomic mass is 32.2. The third-order valence-electron chi connectivity index (χ3n) is 13.3. The van der Waals surface area contributed by atoms with Crippen LogP contribution < -0.4 is 9.47 Å². The molecule has 3 aliphatic carbocycles. The van der Waals surface area contributed by atoms with E-state index in [1.165, 1.54) is 25.0 Å². The lowest BCUT2D eigenvalue weighted by atomic mass is 9.55. The first-order chi connectivity index (χ1) is 29.8. The summed E-state index contributed by atoms with van der Waals surface area (Å²) in [5.74, 6) is 0.422. The quantitative estimate of drug-likeness (QED) is 0.0472. The van der Waals surface area contributed by atoms with Gasteiger partial charge >= 0.3 is 0 Å². The molecule has 2 saturated carbocycles. The number of unbranched alkanes of at least 4 members (excludes halogenated alkanes) is 2. The molecule has 3 aromatic carbocycles. The Balaban J connectivity index is 1.41. The van der Waals surface area contributed by atoms with Crippen LogP contribution in [0.1, 0.15) is 101 Å². The molecule has 7 rings (SSSR count). The lowest BCUT2D eigenvalue weighted by Gasteiger charge is -2.60. The molecule has 0 bridgehead atoms. The summed E-state index contributed by atoms with van der Waals surface area (Å²) in [6.07, 6.45) is 17.0. The number of halogens is 1. The number of aliphatic hydroxyl groups is 2. The van der Waals surface area contributed by atoms with Gasteiger partial charge in [0.2, 0.25) is 11.7 Å². The number of benzene rings is 3. The highest BCUT2D eigenvalue weighted by Gasteiger charge is 2.65. The molecule has 0 spiro atoms. The van der Waals surface area contributed by atoms with E-state index in [1.54, 1.807) is 37.1 Å². The number of rotatable bonds is 21. The summed E-state index contributed by atoms with van der Waals surface area (Å²) in [6, 6.07) is 19.8. The lowest BCUT2D eigenvalue weighted by molar-refractivity contribution is -0.258. The summed E-state index contributed by atoms with van der Waals surface area (Å²) >= 11 is 1.68. The number of ether oxygens (including phenoxy) is 3. The van der Waals surface area contributed by atoms with Crippen LogP contribution in [0.3, 0.4) is 0 Å². The Bertz CT molecular complexity index is 1980. The fraction of sp³-hybridized carbons (Fsp3) is 0.520. The fourth-order valence-electron chi connectivity index (χ4n) is 10.5. The van der Waals surface area contributed by atoms with Crippen molar-refractivity contribution in [2.75, 3.05) is 33.2 Å². The van der Waals surface area contributed by atoms with Crippen LogP contribution in [-0.2, 0) is 20.9 Å². The number of allylic oxidation sites excluding steroid dienone is 1. The second-order valence-electron chi connectivity index (χ2n) is 17.1. The Morgan fingerprint density at radius 1 is 0.984 bits per heavy atom. The number of hydrogen-bond acceptors (Lipinski definition) is 9. The lowest BCUT2D eigenvalue weighted by Crippen LogP contribution is -2.70. The van der Waals surface area contributed by atoms with Crippen molar-refractivity contribution in [2.24, 2.45) is 28.8 Å². The van der Waals surface area contributed by atoms with Gasteiger partial charge in [-0.3, -0.25) is 4.79 Å². The predicted molar refractivity (Wildman–Crippen MR) is 238 cm³/mol. The number of carbonyl (C=O) groups is 1. The van der Waals surface area contributed by atoms with Crippen LogP contribution in [0.5, 0.6) is 17.2 Å². The molecule has 1 amide bonds. The van der Waals surface area contributed by atoms with E-state index in [0.29, 0.717) is 43.1 Å². The van der Waals surface area contributed by atoms with Crippen LogP contribution >= 0.6 is 11.8 Å². The first kappa shape index (κ1) is 44.9. The van der Waals surface area contributed by atoms with E-state index in [9.17, 15) is 19.4 Å². The molecule has 3 aromatic rings. The highest BCUT2D eigenvalue weighted by molar-refractivity contribution is 7.98. The molecule has 1 heterocycles. The maximum atomic E-state index is 15.0. The van der Waals surface area contributed by atoms with Crippen molar-refractivity contribution in [3.63, 3.8) is 0 Å². The van der Waals surface area contributed by atoms with Crippen LogP contribution in [-0.4, -0.2) is 71.7 Å². The van der Waals surface area contributed by atoms with Gasteiger partial charge in [0, 0.05) is 49.0 Å².